The van der Waals surface area contributed by atoms with Crippen molar-refractivity contribution in [3.8, 4) is 0 Å². The Morgan fingerprint density at radius 2 is 1.75 bits per heavy atom. The normalized spacial score (nSPS) is 13.4. The Bertz CT molecular complexity index is 1250. The number of aliphatic imine (C=N–C) groups is 1. The zero-order valence-corrected chi connectivity index (χ0v) is 22.8. The van der Waals surface area contributed by atoms with Crippen molar-refractivity contribution in [2.45, 2.75) is 52.7 Å². The van der Waals surface area contributed by atoms with Crippen molar-refractivity contribution in [3.05, 3.63) is 87.7 Å². The van der Waals surface area contributed by atoms with Gasteiger partial charge in [0.2, 0.25) is 6.29 Å². The molecule has 0 fully saturated rings. The summed E-state index contributed by atoms with van der Waals surface area (Å²) in [6.07, 6.45) is 0.992. The van der Waals surface area contributed by atoms with Gasteiger partial charge in [0.25, 0.3) is 0 Å². The Morgan fingerprint density at radius 1 is 1.11 bits per heavy atom. The molecule has 190 valence electrons. The van der Waals surface area contributed by atoms with E-state index in [-0.39, 0.29) is 17.8 Å². The monoisotopic (exact) mass is 507 g/mol. The number of hydrogen-bond donors (Lipinski definition) is 0. The summed E-state index contributed by atoms with van der Waals surface area (Å²) in [5, 5.41) is 4.92. The van der Waals surface area contributed by atoms with Gasteiger partial charge in [-0.25, -0.2) is 0 Å². The Morgan fingerprint density at radius 3 is 2.28 bits per heavy atom. The van der Waals surface area contributed by atoms with Crippen LogP contribution in [-0.2, 0) is 33.2 Å². The summed E-state index contributed by atoms with van der Waals surface area (Å²) in [7, 11) is 3.49. The molecule has 1 aromatic heterocycles. The first-order chi connectivity index (χ1) is 17.0. The zero-order valence-electron chi connectivity index (χ0n) is 22.0. The topological polar surface area (TPSA) is 65.7 Å². The SMILES string of the molecule is CN=C/C(=C(/OC(C)OC(=O)Cc1ccccc1)c1c(Cl)c(C)nn1C)c1ccc(C(C)(C)C)cc1. The number of esters is 1. The first kappa shape index (κ1) is 27.2. The largest absolute Gasteiger partial charge is 0.452 e. The average Bonchev–Trinajstić information content (AvgIpc) is 3.07. The van der Waals surface area contributed by atoms with Crippen molar-refractivity contribution >= 4 is 35.1 Å². The van der Waals surface area contributed by atoms with Crippen LogP contribution < -0.4 is 0 Å². The molecule has 2 aromatic carbocycles. The summed E-state index contributed by atoms with van der Waals surface area (Å²) in [5.41, 5.74) is 4.93. The number of carbonyl (C=O) groups is 1. The molecule has 6 nitrogen and oxygen atoms in total. The molecule has 0 amide bonds. The van der Waals surface area contributed by atoms with Crippen LogP contribution in [0.1, 0.15) is 55.8 Å². The molecular weight excluding hydrogens is 474 g/mol. The predicted molar refractivity (Wildman–Crippen MR) is 146 cm³/mol. The van der Waals surface area contributed by atoms with Crippen LogP contribution in [0.25, 0.3) is 11.3 Å². The minimum Gasteiger partial charge on any atom is -0.452 e. The molecule has 0 saturated carbocycles. The molecule has 0 radical (unpaired) electrons. The number of aromatic nitrogens is 2. The summed E-state index contributed by atoms with van der Waals surface area (Å²) >= 11 is 6.67. The number of nitrogens with zero attached hydrogens (tertiary/aromatic N) is 3. The molecule has 1 heterocycles. The fourth-order valence-corrected chi connectivity index (χ4v) is 4.09. The number of halogens is 1. The molecule has 36 heavy (non-hydrogen) atoms. The number of carbonyl (C=O) groups excluding carboxylic acids is 1. The van der Waals surface area contributed by atoms with E-state index in [1.165, 1.54) is 5.56 Å². The maximum Gasteiger partial charge on any atom is 0.313 e. The molecule has 0 bridgehead atoms. The molecule has 0 N–H and O–H groups in total. The van der Waals surface area contributed by atoms with E-state index in [0.29, 0.717) is 27.7 Å². The third-order valence-electron chi connectivity index (χ3n) is 5.70. The van der Waals surface area contributed by atoms with Crippen LogP contribution in [0.3, 0.4) is 0 Å². The second-order valence-corrected chi connectivity index (χ2v) is 10.0. The van der Waals surface area contributed by atoms with Gasteiger partial charge in [-0.05, 0) is 29.0 Å². The van der Waals surface area contributed by atoms with Crippen LogP contribution >= 0.6 is 11.6 Å². The van der Waals surface area contributed by atoms with Crippen molar-refractivity contribution in [3.63, 3.8) is 0 Å². The molecule has 3 rings (SSSR count). The highest BCUT2D eigenvalue weighted by Crippen LogP contribution is 2.34. The van der Waals surface area contributed by atoms with Gasteiger partial charge < -0.3 is 9.47 Å². The summed E-state index contributed by atoms with van der Waals surface area (Å²) in [6.45, 7) is 10.0. The quantitative estimate of drug-likeness (QED) is 0.153. The van der Waals surface area contributed by atoms with Gasteiger partial charge in [0.15, 0.2) is 5.76 Å². The van der Waals surface area contributed by atoms with Crippen LogP contribution in [0.15, 0.2) is 59.6 Å². The fraction of sp³-hybridized carbons (Fsp3) is 0.345. The molecule has 3 aromatic rings. The van der Waals surface area contributed by atoms with Crippen molar-refractivity contribution in [1.82, 2.24) is 9.78 Å². The lowest BCUT2D eigenvalue weighted by Crippen LogP contribution is -2.20. The summed E-state index contributed by atoms with van der Waals surface area (Å²) in [5.74, 6) is 0.0396. The van der Waals surface area contributed by atoms with E-state index in [1.54, 1.807) is 31.9 Å². The number of benzene rings is 2. The first-order valence-electron chi connectivity index (χ1n) is 11.9. The van der Waals surface area contributed by atoms with Gasteiger partial charge in [-0.15, -0.1) is 0 Å². The number of ether oxygens (including phenoxy) is 2. The molecule has 7 heteroatoms. The third kappa shape index (κ3) is 6.64. The van der Waals surface area contributed by atoms with Gasteiger partial charge in [0.05, 0.1) is 17.1 Å². The first-order valence-corrected chi connectivity index (χ1v) is 12.3. The average molecular weight is 508 g/mol. The molecule has 1 atom stereocenters. The van der Waals surface area contributed by atoms with Crippen molar-refractivity contribution < 1.29 is 14.3 Å². The summed E-state index contributed by atoms with van der Waals surface area (Å²) < 4.78 is 13.6. The highest BCUT2D eigenvalue weighted by Gasteiger charge is 2.25. The lowest BCUT2D eigenvalue weighted by molar-refractivity contribution is -0.163. The number of hydrogen-bond acceptors (Lipinski definition) is 5. The molecule has 0 aliphatic heterocycles. The summed E-state index contributed by atoms with van der Waals surface area (Å²) in [4.78, 5) is 16.9. The number of rotatable bonds is 8. The number of allylic oxidation sites excluding steroid dienone is 1. The molecule has 0 aliphatic carbocycles. The third-order valence-corrected chi connectivity index (χ3v) is 6.15. The standard InChI is InChI=1S/C29H34ClN3O3/c1-19-26(30)27(33(7)32-19)28(36-20(2)35-25(34)17-21-11-9-8-10-12-21)24(18-31-6)22-13-15-23(16-14-22)29(3,4)5/h8-16,18,20H,17H2,1-7H3/b28-24-,31-18?. The van der Waals surface area contributed by atoms with E-state index in [1.807, 2.05) is 49.4 Å². The number of aryl methyl sites for hydroxylation is 2. The highest BCUT2D eigenvalue weighted by atomic mass is 35.5. The fourth-order valence-electron chi connectivity index (χ4n) is 3.85. The summed E-state index contributed by atoms with van der Waals surface area (Å²) in [6, 6.07) is 17.7. The molecule has 0 saturated heterocycles. The van der Waals surface area contributed by atoms with E-state index in [9.17, 15) is 4.79 Å². The lowest BCUT2D eigenvalue weighted by atomic mass is 9.86. The van der Waals surface area contributed by atoms with Gasteiger partial charge in [-0.2, -0.15) is 5.10 Å². The Hall–Kier alpha value is -3.38. The Kier molecular flexibility index (Phi) is 8.75. The van der Waals surface area contributed by atoms with Gasteiger partial charge in [-0.3, -0.25) is 14.5 Å². The molecule has 0 spiro atoms. The lowest BCUT2D eigenvalue weighted by Gasteiger charge is -2.22. The van der Waals surface area contributed by atoms with Gasteiger partial charge in [-0.1, -0.05) is 87.0 Å². The van der Waals surface area contributed by atoms with E-state index in [4.69, 9.17) is 21.1 Å². The maximum absolute atomic E-state index is 12.6. The van der Waals surface area contributed by atoms with Crippen LogP contribution in [0.2, 0.25) is 5.02 Å². The second kappa shape index (κ2) is 11.6. The predicted octanol–water partition coefficient (Wildman–Crippen LogP) is 6.40. The van der Waals surface area contributed by atoms with Gasteiger partial charge >= 0.3 is 5.97 Å². The van der Waals surface area contributed by atoms with Crippen molar-refractivity contribution in [2.24, 2.45) is 12.0 Å². The van der Waals surface area contributed by atoms with Crippen molar-refractivity contribution in [1.29, 1.82) is 0 Å². The smallest absolute Gasteiger partial charge is 0.313 e. The van der Waals surface area contributed by atoms with Crippen LogP contribution in [0.4, 0.5) is 0 Å². The second-order valence-electron chi connectivity index (χ2n) is 9.67. The maximum atomic E-state index is 12.6. The minimum atomic E-state index is -0.878. The van der Waals surface area contributed by atoms with E-state index < -0.39 is 6.29 Å². The zero-order chi connectivity index (χ0) is 26.5. The molecular formula is C29H34ClN3O3. The van der Waals surface area contributed by atoms with E-state index in [2.05, 4.69) is 43.0 Å². The van der Waals surface area contributed by atoms with Crippen LogP contribution in [0, 0.1) is 6.92 Å². The Labute approximate surface area is 218 Å². The highest BCUT2D eigenvalue weighted by molar-refractivity contribution is 6.33. The molecule has 0 aliphatic rings. The van der Waals surface area contributed by atoms with Crippen molar-refractivity contribution in [2.75, 3.05) is 7.05 Å². The van der Waals surface area contributed by atoms with E-state index in [0.717, 1.165) is 11.1 Å². The van der Waals surface area contributed by atoms with Crippen LogP contribution in [-0.4, -0.2) is 35.3 Å². The van der Waals surface area contributed by atoms with Crippen LogP contribution in [0.5, 0.6) is 0 Å². The molecule has 1 unspecified atom stereocenters. The Balaban J connectivity index is 2.02. The van der Waals surface area contributed by atoms with Gasteiger partial charge in [0.1, 0.15) is 5.69 Å². The minimum absolute atomic E-state index is 0.0184. The van der Waals surface area contributed by atoms with E-state index >= 15 is 0 Å². The van der Waals surface area contributed by atoms with Gasteiger partial charge in [0, 0.05) is 32.8 Å².